The van der Waals surface area contributed by atoms with E-state index in [-0.39, 0.29) is 78.2 Å². The SMILES string of the molecule is C#Cc1c(F)ccc2cccc(-c3ncc4c(N5CCC[C@@](C)(O)C5)nc(OC[C@@]56CCCN5[C@H](COC(=O)N5CCC(CC7CC8(C7)CN(c7ccc9c(c7)n(C)c(=O)n9C7CCC(=O)NC7=O)C8)CC5)CC6)nc4c3F)c12. The van der Waals surface area contributed by atoms with Crippen molar-refractivity contribution in [2.75, 3.05) is 68.8 Å². The van der Waals surface area contributed by atoms with Crippen LogP contribution in [0.5, 0.6) is 6.01 Å². The van der Waals surface area contributed by atoms with Crippen LogP contribution in [-0.2, 0) is 21.4 Å². The summed E-state index contributed by atoms with van der Waals surface area (Å²) in [6.07, 6.45) is 17.9. The number of halogens is 2. The number of terminal acetylenes is 1. The first-order chi connectivity index (χ1) is 38.1. The Morgan fingerprint density at radius 2 is 1.72 bits per heavy atom. The molecule has 79 heavy (non-hydrogen) atoms. The number of pyridine rings is 1. The number of likely N-dealkylation sites (tertiary alicyclic amines) is 1. The quantitative estimate of drug-likeness (QED) is 0.0957. The van der Waals surface area contributed by atoms with E-state index in [4.69, 9.17) is 25.9 Å². The molecule has 17 nitrogen and oxygen atoms in total. The van der Waals surface area contributed by atoms with E-state index in [1.807, 2.05) is 28.0 Å². The highest BCUT2D eigenvalue weighted by Crippen LogP contribution is 2.55. The van der Waals surface area contributed by atoms with Crippen LogP contribution in [0.3, 0.4) is 0 Å². The van der Waals surface area contributed by atoms with Crippen molar-refractivity contribution in [3.05, 3.63) is 82.4 Å². The van der Waals surface area contributed by atoms with Crippen molar-refractivity contribution in [3.63, 3.8) is 0 Å². The number of fused-ring (bicyclic) bond motifs is 4. The number of aryl methyl sites for hydroxylation is 1. The lowest BCUT2D eigenvalue weighted by Crippen LogP contribution is -2.62. The zero-order valence-electron chi connectivity index (χ0n) is 44.8. The summed E-state index contributed by atoms with van der Waals surface area (Å²) in [5.74, 6) is 2.06. The van der Waals surface area contributed by atoms with Crippen LogP contribution in [0.4, 0.5) is 25.1 Å². The number of rotatable bonds is 11. The second-order valence-corrected chi connectivity index (χ2v) is 24.2. The number of anilines is 2. The van der Waals surface area contributed by atoms with Gasteiger partial charge in [0.05, 0.1) is 33.1 Å². The minimum Gasteiger partial charge on any atom is -0.461 e. The Morgan fingerprint density at radius 3 is 2.51 bits per heavy atom. The van der Waals surface area contributed by atoms with Crippen molar-refractivity contribution < 1.29 is 37.7 Å². The van der Waals surface area contributed by atoms with Gasteiger partial charge in [0.2, 0.25) is 11.8 Å². The van der Waals surface area contributed by atoms with E-state index in [1.165, 1.54) is 36.1 Å². The number of carbonyl (C=O) groups excluding carboxylic acids is 3. The molecular formula is C60H66F2N10O7. The number of nitrogens with zero attached hydrogens (tertiary/aromatic N) is 9. The molecule has 3 aromatic carbocycles. The van der Waals surface area contributed by atoms with Crippen molar-refractivity contribution in [1.82, 2.24) is 39.2 Å². The predicted octanol–water partition coefficient (Wildman–Crippen LogP) is 7.62. The minimum atomic E-state index is -0.989. The predicted molar refractivity (Wildman–Crippen MR) is 294 cm³/mol. The van der Waals surface area contributed by atoms with Gasteiger partial charge in [-0.3, -0.25) is 33.9 Å². The first kappa shape index (κ1) is 51.3. The number of imidazole rings is 1. The number of amides is 3. The first-order valence-electron chi connectivity index (χ1n) is 28.2. The third kappa shape index (κ3) is 9.02. The molecule has 3 amide bonds. The fourth-order valence-electron chi connectivity index (χ4n) is 15.0. The van der Waals surface area contributed by atoms with Crippen LogP contribution >= 0.6 is 0 Å². The number of β-amino-alcohol motifs (C(OH)–C–C–N with tert-alkyl or cyclic N) is 1. The molecule has 1 saturated carbocycles. The molecular weight excluding hydrogens is 1010 g/mol. The summed E-state index contributed by atoms with van der Waals surface area (Å²) in [6, 6.07) is 13.5. The molecule has 1 spiro atoms. The van der Waals surface area contributed by atoms with Crippen LogP contribution in [0.25, 0.3) is 44.0 Å². The number of hydrogen-bond donors (Lipinski definition) is 2. The largest absolute Gasteiger partial charge is 0.461 e. The zero-order valence-corrected chi connectivity index (χ0v) is 44.8. The fraction of sp³-hybridized carbons (Fsp3) is 0.517. The lowest BCUT2D eigenvalue weighted by molar-refractivity contribution is -0.135. The molecule has 7 fully saturated rings. The van der Waals surface area contributed by atoms with Crippen LogP contribution in [-0.4, -0.2) is 133 Å². The van der Waals surface area contributed by atoms with E-state index in [9.17, 15) is 24.3 Å². The van der Waals surface area contributed by atoms with Crippen molar-refractivity contribution >= 4 is 62.1 Å². The standard InChI is InChI=1S/C60H66F2N10O7/c1-4-41-44(61)12-10-38-8-5-9-42(49(38)41)51-50(62)52-43(30-63-51)53(69-22-6-19-58(2,77)32-69)66-55(65-52)79-35-60-20-7-23-71(60)40(16-21-60)31-78-57(76)68-24-17-36(18-25-68)26-37-28-59(29-37)33-70(34-59)39-11-13-45-47(27-39)67(3)56(75)72(45)46-14-15-48(73)64-54(46)74/h1,5,8-13,27,30,36-37,40,46,77H,6-7,14-26,28-29,31-35H2,2-3H3,(H,64,73,74)/t40-,46?,58+,60-/m0/s1. The molecule has 3 aromatic heterocycles. The summed E-state index contributed by atoms with van der Waals surface area (Å²) < 4.78 is 48.0. The molecule has 1 unspecified atom stereocenters. The Hall–Kier alpha value is -7.17. The second kappa shape index (κ2) is 19.6. The fourth-order valence-corrected chi connectivity index (χ4v) is 15.0. The van der Waals surface area contributed by atoms with Crippen LogP contribution in [0, 0.1) is 41.2 Å². The molecule has 4 atom stereocenters. The number of aliphatic hydroxyl groups is 1. The summed E-state index contributed by atoms with van der Waals surface area (Å²) in [5, 5.41) is 14.9. The molecule has 13 rings (SSSR count). The topological polar surface area (TPSA) is 180 Å². The van der Waals surface area contributed by atoms with Crippen LogP contribution in [0.15, 0.2) is 59.5 Å². The number of piperidine rings is 3. The van der Waals surface area contributed by atoms with E-state index in [0.29, 0.717) is 89.2 Å². The van der Waals surface area contributed by atoms with Crippen LogP contribution in [0.2, 0.25) is 0 Å². The Kier molecular flexibility index (Phi) is 12.7. The molecule has 6 saturated heterocycles. The molecule has 19 heteroatoms. The number of nitrogens with one attached hydrogen (secondary N) is 1. The summed E-state index contributed by atoms with van der Waals surface area (Å²) in [7, 11) is 1.73. The molecule has 1 aliphatic carbocycles. The number of ether oxygens (including phenoxy) is 2. The van der Waals surface area contributed by atoms with Gasteiger partial charge in [-0.25, -0.2) is 18.4 Å². The lowest BCUT2D eigenvalue weighted by Gasteiger charge is -2.60. The van der Waals surface area contributed by atoms with Crippen molar-refractivity contribution in [1.29, 1.82) is 0 Å². The van der Waals surface area contributed by atoms with Gasteiger partial charge in [0.25, 0.3) is 0 Å². The van der Waals surface area contributed by atoms with Crippen LogP contribution < -0.4 is 25.5 Å². The van der Waals surface area contributed by atoms with Crippen molar-refractivity contribution in [2.24, 2.45) is 24.3 Å². The normalized spacial score (nSPS) is 25.4. The van der Waals surface area contributed by atoms with Gasteiger partial charge in [-0.05, 0) is 132 Å². The van der Waals surface area contributed by atoms with Gasteiger partial charge in [-0.2, -0.15) is 9.97 Å². The minimum absolute atomic E-state index is 0.00346. The highest BCUT2D eigenvalue weighted by molar-refractivity contribution is 6.02. The molecule has 0 bridgehead atoms. The zero-order chi connectivity index (χ0) is 54.5. The third-order valence-corrected chi connectivity index (χ3v) is 18.9. The van der Waals surface area contributed by atoms with E-state index >= 15 is 8.78 Å². The smallest absolute Gasteiger partial charge is 0.409 e. The maximum Gasteiger partial charge on any atom is 0.409 e. The maximum atomic E-state index is 17.2. The monoisotopic (exact) mass is 1080 g/mol. The number of benzene rings is 3. The summed E-state index contributed by atoms with van der Waals surface area (Å²) in [4.78, 5) is 74.1. The first-order valence-corrected chi connectivity index (χ1v) is 28.2. The highest BCUT2D eigenvalue weighted by atomic mass is 19.1. The molecule has 6 aromatic rings. The Labute approximate surface area is 456 Å². The van der Waals surface area contributed by atoms with Gasteiger partial charge in [0.1, 0.15) is 42.1 Å². The van der Waals surface area contributed by atoms with Crippen molar-refractivity contribution in [3.8, 4) is 29.6 Å². The number of imide groups is 1. The molecule has 9 heterocycles. The highest BCUT2D eigenvalue weighted by Gasteiger charge is 2.53. The Morgan fingerprint density at radius 1 is 0.911 bits per heavy atom. The summed E-state index contributed by atoms with van der Waals surface area (Å²) >= 11 is 0. The second-order valence-electron chi connectivity index (χ2n) is 24.2. The summed E-state index contributed by atoms with van der Waals surface area (Å²) in [5.41, 5.74) is 1.59. The molecule has 6 aliphatic heterocycles. The molecule has 0 radical (unpaired) electrons. The van der Waals surface area contributed by atoms with E-state index < -0.39 is 29.2 Å². The lowest BCUT2D eigenvalue weighted by atomic mass is 9.55. The van der Waals surface area contributed by atoms with E-state index in [0.717, 1.165) is 69.4 Å². The average molecular weight is 1080 g/mol. The van der Waals surface area contributed by atoms with Gasteiger partial charge in [-0.15, -0.1) is 6.42 Å². The Bertz CT molecular complexity index is 3570. The van der Waals surface area contributed by atoms with E-state index in [1.54, 1.807) is 42.8 Å². The number of hydrogen-bond acceptors (Lipinski definition) is 13. The number of carbonyl (C=O) groups is 3. The molecule has 412 valence electrons. The van der Waals surface area contributed by atoms with E-state index in [2.05, 4.69) is 26.0 Å². The molecule has 7 aliphatic rings. The summed E-state index contributed by atoms with van der Waals surface area (Å²) in [6.45, 7) is 7.34. The van der Waals surface area contributed by atoms with Gasteiger partial charge in [0, 0.05) is 87.0 Å². The van der Waals surface area contributed by atoms with Gasteiger partial charge in [-0.1, -0.05) is 30.2 Å². The van der Waals surface area contributed by atoms with Gasteiger partial charge in [0.15, 0.2) is 5.82 Å². The van der Waals surface area contributed by atoms with Gasteiger partial charge < -0.3 is 29.3 Å². The maximum absolute atomic E-state index is 17.2. The van der Waals surface area contributed by atoms with Crippen molar-refractivity contribution in [2.45, 2.75) is 114 Å². The molecule has 2 N–H and O–H groups in total. The Balaban J connectivity index is 0.612. The van der Waals surface area contributed by atoms with Gasteiger partial charge >= 0.3 is 17.8 Å². The van der Waals surface area contributed by atoms with Crippen LogP contribution in [0.1, 0.15) is 102 Å². The average Bonchev–Trinajstić information content (AvgIpc) is 4.08. The number of aromatic nitrogens is 5. The third-order valence-electron chi connectivity index (χ3n) is 18.9.